The number of nitrogens with zero attached hydrogens (tertiary/aromatic N) is 3. The van der Waals surface area contributed by atoms with Gasteiger partial charge in [-0.1, -0.05) is 24.1 Å². The van der Waals surface area contributed by atoms with Crippen LogP contribution in [0, 0.1) is 6.92 Å². The van der Waals surface area contributed by atoms with Crippen LogP contribution < -0.4 is 0 Å². The first-order valence-corrected chi connectivity index (χ1v) is 7.35. The van der Waals surface area contributed by atoms with Gasteiger partial charge in [0, 0.05) is 5.56 Å². The van der Waals surface area contributed by atoms with E-state index in [2.05, 4.69) is 15.1 Å². The zero-order chi connectivity index (χ0) is 14.7. The highest BCUT2D eigenvalue weighted by atomic mass is 16.4. The van der Waals surface area contributed by atoms with E-state index in [9.17, 15) is 4.79 Å². The average Bonchev–Trinajstić information content (AvgIpc) is 2.96. The minimum absolute atomic E-state index is 0.0203. The first-order valence-electron chi connectivity index (χ1n) is 7.35. The van der Waals surface area contributed by atoms with Gasteiger partial charge in [-0.2, -0.15) is 0 Å². The monoisotopic (exact) mass is 285 g/mol. The first kappa shape index (κ1) is 13.9. The predicted molar refractivity (Wildman–Crippen MR) is 78.6 cm³/mol. The maximum absolute atomic E-state index is 11.1. The van der Waals surface area contributed by atoms with Crippen molar-refractivity contribution in [2.45, 2.75) is 38.8 Å². The van der Waals surface area contributed by atoms with Crippen molar-refractivity contribution < 1.29 is 9.21 Å². The molecule has 21 heavy (non-hydrogen) atoms. The Morgan fingerprint density at radius 2 is 2.29 bits per heavy atom. The predicted octanol–water partition coefficient (Wildman–Crippen LogP) is 2.60. The first-order chi connectivity index (χ1) is 10.3. The smallest absolute Gasteiger partial charge is 0.247 e. The van der Waals surface area contributed by atoms with E-state index in [-0.39, 0.29) is 6.04 Å². The number of piperidine rings is 1. The number of aromatic nitrogens is 2. The quantitative estimate of drug-likeness (QED) is 0.808. The van der Waals surface area contributed by atoms with Gasteiger partial charge in [0.15, 0.2) is 0 Å². The second kappa shape index (κ2) is 6.18. The molecule has 110 valence electrons. The topological polar surface area (TPSA) is 59.2 Å². The summed E-state index contributed by atoms with van der Waals surface area (Å²) < 4.78 is 5.74. The Morgan fingerprint density at radius 3 is 3.10 bits per heavy atom. The largest absolute Gasteiger partial charge is 0.419 e. The molecular formula is C16H19N3O2. The van der Waals surface area contributed by atoms with Gasteiger partial charge in [0.2, 0.25) is 11.8 Å². The van der Waals surface area contributed by atoms with Gasteiger partial charge in [-0.15, -0.1) is 10.2 Å². The van der Waals surface area contributed by atoms with Gasteiger partial charge < -0.3 is 9.21 Å². The van der Waals surface area contributed by atoms with Crippen LogP contribution in [0.1, 0.15) is 30.7 Å². The highest BCUT2D eigenvalue weighted by molar-refractivity contribution is 5.57. The number of hydrogen-bond donors (Lipinski definition) is 0. The number of hydrogen-bond acceptors (Lipinski definition) is 5. The summed E-state index contributed by atoms with van der Waals surface area (Å²) in [7, 11) is 0. The van der Waals surface area contributed by atoms with Crippen LogP contribution in [0.4, 0.5) is 0 Å². The van der Waals surface area contributed by atoms with Gasteiger partial charge in [-0.25, -0.2) is 0 Å². The summed E-state index contributed by atoms with van der Waals surface area (Å²) in [5.74, 6) is 1.11. The molecule has 5 nitrogen and oxygen atoms in total. The third-order valence-electron chi connectivity index (χ3n) is 3.89. The van der Waals surface area contributed by atoms with Crippen LogP contribution in [0.2, 0.25) is 0 Å². The molecule has 1 unspecified atom stereocenters. The Balaban J connectivity index is 1.74. The summed E-state index contributed by atoms with van der Waals surface area (Å²) in [6.45, 7) is 3.48. The van der Waals surface area contributed by atoms with Gasteiger partial charge in [0.25, 0.3) is 0 Å². The standard InChI is InChI=1S/C16H19N3O2/c1-12-5-4-6-13(9-12)16-18-17-15(21-16)10-19-8-3-2-7-14(19)11-20/h4-6,9,11,14H,2-3,7-8,10H2,1H3. The number of carbonyl (C=O) groups excluding carboxylic acids is 1. The summed E-state index contributed by atoms with van der Waals surface area (Å²) in [5, 5.41) is 8.22. The molecule has 2 heterocycles. The summed E-state index contributed by atoms with van der Waals surface area (Å²) >= 11 is 0. The average molecular weight is 285 g/mol. The van der Waals surface area contributed by atoms with E-state index in [1.54, 1.807) is 0 Å². The molecule has 1 aromatic carbocycles. The Morgan fingerprint density at radius 1 is 1.38 bits per heavy atom. The van der Waals surface area contributed by atoms with E-state index in [0.717, 1.165) is 43.2 Å². The SMILES string of the molecule is Cc1cccc(-c2nnc(CN3CCCCC3C=O)o2)c1. The van der Waals surface area contributed by atoms with Crippen LogP contribution in [0.3, 0.4) is 0 Å². The Bertz CT molecular complexity index is 623. The Kier molecular flexibility index (Phi) is 4.10. The lowest BCUT2D eigenvalue weighted by Gasteiger charge is -2.30. The molecule has 1 aromatic heterocycles. The fourth-order valence-corrected chi connectivity index (χ4v) is 2.75. The van der Waals surface area contributed by atoms with Crippen molar-refractivity contribution in [1.82, 2.24) is 15.1 Å². The molecule has 1 fully saturated rings. The minimum atomic E-state index is -0.0203. The van der Waals surface area contributed by atoms with Crippen molar-refractivity contribution in [2.75, 3.05) is 6.54 Å². The number of likely N-dealkylation sites (tertiary alicyclic amines) is 1. The lowest BCUT2D eigenvalue weighted by Crippen LogP contribution is -2.39. The van der Waals surface area contributed by atoms with Crippen LogP contribution >= 0.6 is 0 Å². The maximum atomic E-state index is 11.1. The van der Waals surface area contributed by atoms with Crippen LogP contribution in [0.5, 0.6) is 0 Å². The van der Waals surface area contributed by atoms with E-state index in [0.29, 0.717) is 18.3 Å². The second-order valence-corrected chi connectivity index (χ2v) is 5.54. The Labute approximate surface area is 124 Å². The van der Waals surface area contributed by atoms with Gasteiger partial charge in [-0.3, -0.25) is 4.90 Å². The second-order valence-electron chi connectivity index (χ2n) is 5.54. The van der Waals surface area contributed by atoms with E-state index in [1.165, 1.54) is 0 Å². The molecule has 0 spiro atoms. The summed E-state index contributed by atoms with van der Waals surface area (Å²) in [6.07, 6.45) is 4.17. The molecule has 3 rings (SSSR count). The van der Waals surface area contributed by atoms with Crippen molar-refractivity contribution in [3.8, 4) is 11.5 Å². The zero-order valence-corrected chi connectivity index (χ0v) is 12.2. The van der Waals surface area contributed by atoms with Crippen molar-refractivity contribution >= 4 is 6.29 Å². The summed E-state index contributed by atoms with van der Waals surface area (Å²) in [4.78, 5) is 13.2. The van der Waals surface area contributed by atoms with Crippen molar-refractivity contribution in [3.05, 3.63) is 35.7 Å². The number of benzene rings is 1. The van der Waals surface area contributed by atoms with Crippen LogP contribution in [0.25, 0.3) is 11.5 Å². The molecule has 1 atom stereocenters. The molecule has 2 aromatic rings. The van der Waals surface area contributed by atoms with Gasteiger partial charge in [0.1, 0.15) is 6.29 Å². The van der Waals surface area contributed by atoms with Gasteiger partial charge in [0.05, 0.1) is 12.6 Å². The lowest BCUT2D eigenvalue weighted by molar-refractivity contribution is -0.113. The summed E-state index contributed by atoms with van der Waals surface area (Å²) in [5.41, 5.74) is 2.09. The maximum Gasteiger partial charge on any atom is 0.247 e. The van der Waals surface area contributed by atoms with E-state index < -0.39 is 0 Å². The molecule has 1 saturated heterocycles. The zero-order valence-electron chi connectivity index (χ0n) is 12.2. The number of carbonyl (C=O) groups is 1. The molecule has 5 heteroatoms. The molecule has 0 aliphatic carbocycles. The van der Waals surface area contributed by atoms with Crippen molar-refractivity contribution in [2.24, 2.45) is 0 Å². The molecule has 1 aliphatic heterocycles. The van der Waals surface area contributed by atoms with E-state index in [1.807, 2.05) is 31.2 Å². The van der Waals surface area contributed by atoms with Gasteiger partial charge in [-0.05, 0) is 38.4 Å². The molecule has 0 saturated carbocycles. The minimum Gasteiger partial charge on any atom is -0.419 e. The fourth-order valence-electron chi connectivity index (χ4n) is 2.75. The Hall–Kier alpha value is -2.01. The third-order valence-corrected chi connectivity index (χ3v) is 3.89. The van der Waals surface area contributed by atoms with Gasteiger partial charge >= 0.3 is 0 Å². The molecule has 1 aliphatic rings. The highest BCUT2D eigenvalue weighted by Gasteiger charge is 2.23. The molecule has 0 amide bonds. The number of aryl methyl sites for hydroxylation is 1. The van der Waals surface area contributed by atoms with E-state index >= 15 is 0 Å². The highest BCUT2D eigenvalue weighted by Crippen LogP contribution is 2.21. The molecule has 0 radical (unpaired) electrons. The van der Waals surface area contributed by atoms with Crippen molar-refractivity contribution in [1.29, 1.82) is 0 Å². The molecule has 0 bridgehead atoms. The van der Waals surface area contributed by atoms with Crippen molar-refractivity contribution in [3.63, 3.8) is 0 Å². The van der Waals surface area contributed by atoms with Crippen LogP contribution in [-0.2, 0) is 11.3 Å². The normalized spacial score (nSPS) is 19.6. The molecule has 0 N–H and O–H groups in total. The third kappa shape index (κ3) is 3.19. The number of rotatable bonds is 4. The fraction of sp³-hybridized carbons (Fsp3) is 0.438. The molecular weight excluding hydrogens is 266 g/mol. The van der Waals surface area contributed by atoms with E-state index in [4.69, 9.17) is 4.42 Å². The van der Waals surface area contributed by atoms with Crippen LogP contribution in [0.15, 0.2) is 28.7 Å². The lowest BCUT2D eigenvalue weighted by atomic mass is 10.0. The number of aldehydes is 1. The summed E-state index contributed by atoms with van der Waals surface area (Å²) in [6, 6.07) is 7.96. The van der Waals surface area contributed by atoms with Crippen LogP contribution in [-0.4, -0.2) is 34.0 Å².